The molecule has 0 saturated heterocycles. The summed E-state index contributed by atoms with van der Waals surface area (Å²) in [4.78, 5) is 16.5. The fourth-order valence-corrected chi connectivity index (χ4v) is 7.37. The number of benzene rings is 3. The molecule has 1 atom stereocenters. The fourth-order valence-electron chi connectivity index (χ4n) is 6.29. The molecule has 222 valence electrons. The van der Waals surface area contributed by atoms with E-state index in [1.807, 2.05) is 45.9 Å². The van der Waals surface area contributed by atoms with Crippen LogP contribution in [0.2, 0.25) is 0 Å². The van der Waals surface area contributed by atoms with Gasteiger partial charge >= 0.3 is 6.18 Å². The first-order chi connectivity index (χ1) is 20.2. The van der Waals surface area contributed by atoms with Crippen molar-refractivity contribution in [3.8, 4) is 6.07 Å². The third-order valence-electron chi connectivity index (χ3n) is 8.32. The molecule has 1 unspecified atom stereocenters. The Bertz CT molecular complexity index is 1730. The van der Waals surface area contributed by atoms with Gasteiger partial charge in [0, 0.05) is 28.3 Å². The van der Waals surface area contributed by atoms with Gasteiger partial charge in [0.25, 0.3) is 0 Å². The number of halogens is 3. The summed E-state index contributed by atoms with van der Waals surface area (Å²) in [6, 6.07) is 19.6. The number of rotatable bonds is 5. The van der Waals surface area contributed by atoms with Crippen molar-refractivity contribution < 1.29 is 18.0 Å². The van der Waals surface area contributed by atoms with E-state index in [9.17, 15) is 23.2 Å². The largest absolute Gasteiger partial charge is 0.418 e. The molecule has 2 N–H and O–H groups in total. The first kappa shape index (κ1) is 30.5. The lowest BCUT2D eigenvalue weighted by molar-refractivity contribution is -0.137. The highest BCUT2D eigenvalue weighted by molar-refractivity contribution is 7.98. The van der Waals surface area contributed by atoms with Crippen LogP contribution >= 0.6 is 11.8 Å². The van der Waals surface area contributed by atoms with Gasteiger partial charge in [-0.2, -0.15) is 18.4 Å². The maximum absolute atomic E-state index is 14.2. The van der Waals surface area contributed by atoms with Crippen LogP contribution in [0, 0.1) is 37.5 Å². The molecule has 0 fully saturated rings. The summed E-state index contributed by atoms with van der Waals surface area (Å²) in [5.41, 5.74) is 10.9. The lowest BCUT2D eigenvalue weighted by Gasteiger charge is -2.44. The summed E-state index contributed by atoms with van der Waals surface area (Å²) in [7, 11) is 0. The summed E-state index contributed by atoms with van der Waals surface area (Å²) in [5, 5.41) is 10.5. The molecule has 2 aliphatic rings. The van der Waals surface area contributed by atoms with Crippen LogP contribution in [0.3, 0.4) is 0 Å². The Morgan fingerprint density at radius 1 is 1.05 bits per heavy atom. The average Bonchev–Trinajstić information content (AvgIpc) is 2.92. The van der Waals surface area contributed by atoms with Crippen molar-refractivity contribution in [2.24, 2.45) is 11.1 Å². The number of nitrogens with two attached hydrogens (primary N) is 1. The predicted molar refractivity (Wildman–Crippen MR) is 165 cm³/mol. The van der Waals surface area contributed by atoms with Crippen LogP contribution in [0.25, 0.3) is 0 Å². The molecule has 3 aromatic rings. The van der Waals surface area contributed by atoms with Crippen LogP contribution in [0.15, 0.2) is 88.2 Å². The molecule has 1 aliphatic heterocycles. The number of Topliss-reactive ketones (excluding diaryl/α,β-unsaturated/α-hetero) is 1. The quantitative estimate of drug-likeness (QED) is 0.296. The molecule has 8 heteroatoms. The number of thioether (sulfide) groups is 1. The zero-order chi connectivity index (χ0) is 31.3. The minimum Gasteiger partial charge on any atom is -0.384 e. The van der Waals surface area contributed by atoms with E-state index in [1.165, 1.54) is 28.7 Å². The van der Waals surface area contributed by atoms with Crippen molar-refractivity contribution in [1.29, 1.82) is 5.26 Å². The number of hydrogen-bond acceptors (Lipinski definition) is 5. The maximum Gasteiger partial charge on any atom is 0.418 e. The van der Waals surface area contributed by atoms with Crippen LogP contribution < -0.4 is 10.6 Å². The van der Waals surface area contributed by atoms with Crippen LogP contribution in [-0.2, 0) is 16.7 Å². The Morgan fingerprint density at radius 3 is 2.40 bits per heavy atom. The number of allylic oxidation sites excluding steroid dienone is 3. The molecule has 0 saturated carbocycles. The normalized spacial score (nSPS) is 18.5. The third-order valence-corrected chi connectivity index (χ3v) is 9.54. The van der Waals surface area contributed by atoms with Crippen LogP contribution in [-0.4, -0.2) is 5.78 Å². The number of para-hydroxylation sites is 1. The minimum absolute atomic E-state index is 0.0785. The molecule has 0 radical (unpaired) electrons. The smallest absolute Gasteiger partial charge is 0.384 e. The number of nitriles is 1. The van der Waals surface area contributed by atoms with Gasteiger partial charge in [0.2, 0.25) is 0 Å². The number of nitrogens with zero attached hydrogens (tertiary/aromatic N) is 2. The minimum atomic E-state index is -4.66. The first-order valence-electron chi connectivity index (χ1n) is 14.1. The van der Waals surface area contributed by atoms with Gasteiger partial charge in [-0.25, -0.2) is 0 Å². The fraction of sp³-hybridized carbons (Fsp3) is 0.314. The molecule has 1 heterocycles. The van der Waals surface area contributed by atoms with E-state index in [0.29, 0.717) is 23.4 Å². The van der Waals surface area contributed by atoms with Crippen LogP contribution in [0.4, 0.5) is 18.9 Å². The van der Waals surface area contributed by atoms with E-state index in [2.05, 4.69) is 31.2 Å². The standard InChI is InChI=1S/C35H34F3N3OS/c1-20-14-23(19-43-30-13-9-6-10-21(30)2)22(3)24(15-20)31-25(18-39)33(40)41(27-12-8-7-11-26(27)35(36,37)38)28-16-34(4,5)17-29(42)32(28)31/h6-15,31H,16-17,19,40H2,1-5H3. The van der Waals surface area contributed by atoms with Gasteiger partial charge in [-0.1, -0.05) is 61.9 Å². The SMILES string of the molecule is Cc1cc(CSc2ccccc2C)c(C)c(C2C(C#N)=C(N)N(c3ccccc3C(F)(F)F)C3=C2C(=O)CC(C)(C)C3)c1. The second kappa shape index (κ2) is 11.3. The maximum atomic E-state index is 14.2. The van der Waals surface area contributed by atoms with E-state index in [4.69, 9.17) is 5.73 Å². The number of ketones is 1. The monoisotopic (exact) mass is 601 g/mol. The molecule has 43 heavy (non-hydrogen) atoms. The van der Waals surface area contributed by atoms with Crippen molar-refractivity contribution in [3.05, 3.63) is 117 Å². The Balaban J connectivity index is 1.72. The van der Waals surface area contributed by atoms with E-state index in [-0.39, 0.29) is 29.3 Å². The average molecular weight is 602 g/mol. The van der Waals surface area contributed by atoms with Gasteiger partial charge in [0.15, 0.2) is 5.78 Å². The van der Waals surface area contributed by atoms with E-state index in [0.717, 1.165) is 33.2 Å². The van der Waals surface area contributed by atoms with Gasteiger partial charge in [0.1, 0.15) is 5.82 Å². The van der Waals surface area contributed by atoms with Crippen molar-refractivity contribution in [1.82, 2.24) is 0 Å². The van der Waals surface area contributed by atoms with Gasteiger partial charge in [0.05, 0.1) is 28.8 Å². The number of aryl methyl sites for hydroxylation is 2. The van der Waals surface area contributed by atoms with Crippen molar-refractivity contribution in [2.75, 3.05) is 4.90 Å². The Kier molecular flexibility index (Phi) is 8.00. The summed E-state index contributed by atoms with van der Waals surface area (Å²) < 4.78 is 42.7. The Hall–Kier alpha value is -3.96. The van der Waals surface area contributed by atoms with Gasteiger partial charge < -0.3 is 5.73 Å². The van der Waals surface area contributed by atoms with Crippen molar-refractivity contribution >= 4 is 23.2 Å². The topological polar surface area (TPSA) is 70.1 Å². The zero-order valence-electron chi connectivity index (χ0n) is 24.9. The highest BCUT2D eigenvalue weighted by atomic mass is 32.2. The molecular formula is C35H34F3N3OS. The molecule has 1 aliphatic carbocycles. The summed E-state index contributed by atoms with van der Waals surface area (Å²) in [6.07, 6.45) is -4.11. The van der Waals surface area contributed by atoms with Crippen LogP contribution in [0.1, 0.15) is 66.0 Å². The lowest BCUT2D eigenvalue weighted by atomic mass is 9.68. The van der Waals surface area contributed by atoms with Gasteiger partial charge in [-0.3, -0.25) is 9.69 Å². The zero-order valence-corrected chi connectivity index (χ0v) is 25.7. The summed E-state index contributed by atoms with van der Waals surface area (Å²) >= 11 is 1.71. The van der Waals surface area contributed by atoms with Crippen LogP contribution in [0.5, 0.6) is 0 Å². The Morgan fingerprint density at radius 2 is 1.72 bits per heavy atom. The van der Waals surface area contributed by atoms with Crippen molar-refractivity contribution in [2.45, 2.75) is 70.2 Å². The number of alkyl halides is 3. The molecule has 3 aromatic carbocycles. The lowest BCUT2D eigenvalue weighted by Crippen LogP contribution is -2.42. The number of anilines is 1. The summed E-state index contributed by atoms with van der Waals surface area (Å²) in [5.74, 6) is -0.357. The molecule has 0 bridgehead atoms. The molecule has 0 spiro atoms. The van der Waals surface area contributed by atoms with E-state index < -0.39 is 23.1 Å². The second-order valence-electron chi connectivity index (χ2n) is 12.2. The molecule has 5 rings (SSSR count). The Labute approximate surface area is 255 Å². The van der Waals surface area contributed by atoms with Crippen molar-refractivity contribution in [3.63, 3.8) is 0 Å². The second-order valence-corrected chi connectivity index (χ2v) is 13.2. The van der Waals surface area contributed by atoms with E-state index >= 15 is 0 Å². The third kappa shape index (κ3) is 5.71. The number of hydrogen-bond donors (Lipinski definition) is 1. The molecule has 0 aromatic heterocycles. The molecular weight excluding hydrogens is 567 g/mol. The van der Waals surface area contributed by atoms with Gasteiger partial charge in [-0.15, -0.1) is 11.8 Å². The number of carbonyl (C=O) groups is 1. The van der Waals surface area contributed by atoms with E-state index in [1.54, 1.807) is 11.8 Å². The highest BCUT2D eigenvalue weighted by Crippen LogP contribution is 2.52. The highest BCUT2D eigenvalue weighted by Gasteiger charge is 2.47. The first-order valence-corrected chi connectivity index (χ1v) is 15.1. The van der Waals surface area contributed by atoms with Gasteiger partial charge in [-0.05, 0) is 73.1 Å². The molecule has 0 amide bonds. The number of carbonyl (C=O) groups excluding carboxylic acids is 1. The summed E-state index contributed by atoms with van der Waals surface area (Å²) in [6.45, 7) is 9.88. The molecule has 4 nitrogen and oxygen atoms in total. The predicted octanol–water partition coefficient (Wildman–Crippen LogP) is 8.86.